The molecule has 3 aromatic rings. The van der Waals surface area contributed by atoms with E-state index >= 15 is 0 Å². The summed E-state index contributed by atoms with van der Waals surface area (Å²) in [6.45, 7) is 5.32. The second kappa shape index (κ2) is 13.6. The molecule has 0 unspecified atom stereocenters. The summed E-state index contributed by atoms with van der Waals surface area (Å²) in [5.74, 6) is 0. The van der Waals surface area contributed by atoms with Gasteiger partial charge in [0.25, 0.3) is 0 Å². The van der Waals surface area contributed by atoms with Crippen molar-refractivity contribution < 1.29 is 21.7 Å². The van der Waals surface area contributed by atoms with Crippen LogP contribution in [0.3, 0.4) is 0 Å². The number of benzene rings is 3. The summed E-state index contributed by atoms with van der Waals surface area (Å²) >= 11 is 0. The number of hydrogen-bond acceptors (Lipinski definition) is 1. The van der Waals surface area contributed by atoms with Gasteiger partial charge in [-0.25, -0.2) is 0 Å². The summed E-state index contributed by atoms with van der Waals surface area (Å²) in [6, 6.07) is 22.0. The predicted molar refractivity (Wildman–Crippen MR) is 133 cm³/mol. The zero-order chi connectivity index (χ0) is 19.2. The van der Waals surface area contributed by atoms with Gasteiger partial charge in [-0.2, -0.15) is 12.5 Å². The van der Waals surface area contributed by atoms with Crippen LogP contribution in [0.1, 0.15) is 17.5 Å². The number of halogens is 2. The van der Waals surface area contributed by atoms with E-state index in [0.29, 0.717) is 5.69 Å². The first-order chi connectivity index (χ1) is 13.1. The number of fused-ring (bicyclic) bond motifs is 1. The first-order valence-electron chi connectivity index (χ1n) is 9.20. The second-order valence-electron chi connectivity index (χ2n) is 7.03. The van der Waals surface area contributed by atoms with Gasteiger partial charge in [0.2, 0.25) is 0 Å². The van der Waals surface area contributed by atoms with Crippen molar-refractivity contribution in [2.24, 2.45) is 0 Å². The molecule has 0 saturated heterocycles. The molecule has 5 heteroatoms. The van der Waals surface area contributed by atoms with Crippen molar-refractivity contribution in [3.63, 3.8) is 0 Å². The molecule has 1 aliphatic rings. The van der Waals surface area contributed by atoms with Crippen LogP contribution in [-0.2, 0) is 21.7 Å². The summed E-state index contributed by atoms with van der Waals surface area (Å²) in [5.41, 5.74) is 12.9. The van der Waals surface area contributed by atoms with E-state index < -0.39 is 0 Å². The van der Waals surface area contributed by atoms with Gasteiger partial charge in [-0.3, -0.25) is 0 Å². The third kappa shape index (κ3) is 7.23. The summed E-state index contributed by atoms with van der Waals surface area (Å²) < 4.78 is 0. The minimum atomic E-state index is 0. The molecular formula is C25H28Cl2N2Ti. The van der Waals surface area contributed by atoms with Gasteiger partial charge in [0, 0.05) is 6.54 Å². The predicted octanol–water partition coefficient (Wildman–Crippen LogP) is 7.51. The number of nitrogens with one attached hydrogen (secondary N) is 1. The maximum atomic E-state index is 7.00. The number of rotatable bonds is 3. The standard InChI is InChI=1S/C19H20N.C6H6N.2ClH.Ti/c1-14-17-9-5-4-7-15(17)11-12-18(14)19-10-6-8-16(19)13-20(2)3;7-6-4-2-1-3-5-6;;;/h4-9,11-12H,1,10,13H2,2-3H3;1-5,7H;2*1H;/q2*-1;;;+2. The molecule has 0 saturated carbocycles. The molecule has 0 aromatic heterocycles. The van der Waals surface area contributed by atoms with Gasteiger partial charge >= 0.3 is 21.7 Å². The zero-order valence-electron chi connectivity index (χ0n) is 17.4. The van der Waals surface area contributed by atoms with Crippen LogP contribution in [0.2, 0.25) is 0 Å². The Morgan fingerprint density at radius 1 is 0.900 bits per heavy atom. The SMILES string of the molecule is Cl.Cl.[CH2-]c1c(C2=C(CN(C)C)C=CC2)ccc2ccccc12.[NH-]c1ccccc1.[Ti+2]. The Kier molecular flexibility index (Phi) is 12.8. The average molecular weight is 475 g/mol. The molecule has 0 bridgehead atoms. The molecule has 0 spiro atoms. The summed E-state index contributed by atoms with van der Waals surface area (Å²) in [6.07, 6.45) is 5.52. The van der Waals surface area contributed by atoms with Crippen LogP contribution in [0.25, 0.3) is 22.1 Å². The zero-order valence-corrected chi connectivity index (χ0v) is 20.6. The normalized spacial score (nSPS) is 11.8. The van der Waals surface area contributed by atoms with E-state index in [1.165, 1.54) is 27.5 Å². The van der Waals surface area contributed by atoms with Gasteiger partial charge in [-0.15, -0.1) is 53.6 Å². The van der Waals surface area contributed by atoms with Crippen molar-refractivity contribution in [2.45, 2.75) is 6.42 Å². The van der Waals surface area contributed by atoms with Gasteiger partial charge in [0.15, 0.2) is 0 Å². The molecule has 0 amide bonds. The van der Waals surface area contributed by atoms with Crippen LogP contribution in [0.5, 0.6) is 0 Å². The van der Waals surface area contributed by atoms with Crippen molar-refractivity contribution in [3.05, 3.63) is 108 Å². The van der Waals surface area contributed by atoms with Crippen molar-refractivity contribution in [2.75, 3.05) is 20.6 Å². The largest absolute Gasteiger partial charge is 2.00 e. The summed E-state index contributed by atoms with van der Waals surface area (Å²) in [7, 11) is 4.23. The molecule has 1 N–H and O–H groups in total. The Balaban J connectivity index is 0.000000726. The average Bonchev–Trinajstić information content (AvgIpc) is 3.10. The topological polar surface area (TPSA) is 27.0 Å². The fourth-order valence-corrected chi connectivity index (χ4v) is 3.38. The Bertz CT molecular complexity index is 983. The Morgan fingerprint density at radius 2 is 1.53 bits per heavy atom. The van der Waals surface area contributed by atoms with E-state index in [9.17, 15) is 0 Å². The molecular weight excluding hydrogens is 447 g/mol. The van der Waals surface area contributed by atoms with E-state index in [0.717, 1.165) is 18.5 Å². The van der Waals surface area contributed by atoms with Crippen molar-refractivity contribution >= 4 is 46.8 Å². The fourth-order valence-electron chi connectivity index (χ4n) is 3.38. The molecule has 2 nitrogen and oxygen atoms in total. The molecule has 0 heterocycles. The molecule has 0 fully saturated rings. The van der Waals surface area contributed by atoms with Gasteiger partial charge in [0.1, 0.15) is 0 Å². The minimum absolute atomic E-state index is 0. The van der Waals surface area contributed by atoms with Gasteiger partial charge in [-0.1, -0.05) is 77.7 Å². The van der Waals surface area contributed by atoms with Crippen LogP contribution in [-0.4, -0.2) is 25.5 Å². The van der Waals surface area contributed by atoms with Crippen LogP contribution in [0, 0.1) is 6.92 Å². The third-order valence-corrected chi connectivity index (χ3v) is 4.65. The van der Waals surface area contributed by atoms with Gasteiger partial charge in [0.05, 0.1) is 0 Å². The fraction of sp³-hybridized carbons (Fsp3) is 0.160. The monoisotopic (exact) mass is 474 g/mol. The number of hydrogen-bond donors (Lipinski definition) is 0. The third-order valence-electron chi connectivity index (χ3n) is 4.65. The van der Waals surface area contributed by atoms with Gasteiger partial charge < -0.3 is 10.6 Å². The van der Waals surface area contributed by atoms with E-state index in [1.54, 1.807) is 12.1 Å². The maximum Gasteiger partial charge on any atom is 2.00 e. The Hall–Kier alpha value is -1.68. The van der Waals surface area contributed by atoms with Gasteiger partial charge in [-0.05, 0) is 26.1 Å². The maximum absolute atomic E-state index is 7.00. The summed E-state index contributed by atoms with van der Waals surface area (Å²) in [5, 5.41) is 2.52. The number of allylic oxidation sites excluding steroid dienone is 2. The van der Waals surface area contributed by atoms with E-state index in [2.05, 4.69) is 74.5 Å². The second-order valence-corrected chi connectivity index (χ2v) is 7.03. The quantitative estimate of drug-likeness (QED) is 0.285. The molecule has 3 aromatic carbocycles. The van der Waals surface area contributed by atoms with E-state index in [-0.39, 0.29) is 46.5 Å². The van der Waals surface area contributed by atoms with Crippen LogP contribution < -0.4 is 0 Å². The van der Waals surface area contributed by atoms with E-state index in [4.69, 9.17) is 5.73 Å². The minimum Gasteiger partial charge on any atom is -0.699 e. The van der Waals surface area contributed by atoms with Crippen LogP contribution in [0.15, 0.2) is 84.5 Å². The van der Waals surface area contributed by atoms with E-state index in [1.807, 2.05) is 18.2 Å². The summed E-state index contributed by atoms with van der Waals surface area (Å²) in [4.78, 5) is 2.22. The first kappa shape index (κ1) is 28.3. The Morgan fingerprint density at radius 3 is 2.13 bits per heavy atom. The molecule has 156 valence electrons. The molecule has 30 heavy (non-hydrogen) atoms. The molecule has 0 atom stereocenters. The van der Waals surface area contributed by atoms with Crippen molar-refractivity contribution in [1.29, 1.82) is 0 Å². The number of nitrogens with zero attached hydrogens (tertiary/aromatic N) is 1. The first-order valence-corrected chi connectivity index (χ1v) is 9.20. The molecule has 4 rings (SSSR count). The molecule has 0 aliphatic heterocycles. The van der Waals surface area contributed by atoms with Crippen LogP contribution >= 0.6 is 24.8 Å². The smallest absolute Gasteiger partial charge is 0.699 e. The van der Waals surface area contributed by atoms with Crippen molar-refractivity contribution in [1.82, 2.24) is 4.90 Å². The molecule has 1 aliphatic carbocycles. The van der Waals surface area contributed by atoms with Crippen molar-refractivity contribution in [3.8, 4) is 0 Å². The van der Waals surface area contributed by atoms with Crippen LogP contribution in [0.4, 0.5) is 5.69 Å². The Labute approximate surface area is 207 Å². The molecule has 0 radical (unpaired) electrons. The number of likely N-dealkylation sites (N-methyl/N-ethyl adjacent to an activating group) is 1.